The molecule has 1 saturated heterocycles. The molecule has 0 radical (unpaired) electrons. The highest BCUT2D eigenvalue weighted by Gasteiger charge is 2.39. The molecule has 0 aromatic carbocycles. The average Bonchev–Trinajstić information content (AvgIpc) is 3.02. The summed E-state index contributed by atoms with van der Waals surface area (Å²) >= 11 is 0. The Balaban J connectivity index is 1.24. The first-order valence-corrected chi connectivity index (χ1v) is 9.75. The minimum atomic E-state index is 0.953. The fourth-order valence-electron chi connectivity index (χ4n) is 5.72. The van der Waals surface area contributed by atoms with Crippen molar-refractivity contribution in [2.75, 3.05) is 32.7 Å². The van der Waals surface area contributed by atoms with Crippen molar-refractivity contribution in [3.8, 4) is 0 Å². The summed E-state index contributed by atoms with van der Waals surface area (Å²) in [5.74, 6) is 2.93. The zero-order valence-electron chi connectivity index (χ0n) is 13.7. The van der Waals surface area contributed by atoms with Crippen molar-refractivity contribution in [2.24, 2.45) is 17.8 Å². The Bertz CT molecular complexity index is 362. The molecule has 4 aliphatic rings. The Hall–Kier alpha value is -0.340. The molecule has 3 aliphatic carbocycles. The molecule has 3 atom stereocenters. The van der Waals surface area contributed by atoms with E-state index in [1.165, 1.54) is 84.1 Å². The van der Waals surface area contributed by atoms with Crippen molar-refractivity contribution in [3.63, 3.8) is 0 Å². The molecule has 0 aromatic heterocycles. The second-order valence-electron chi connectivity index (χ2n) is 8.34. The highest BCUT2D eigenvalue weighted by atomic mass is 15.3. The van der Waals surface area contributed by atoms with E-state index >= 15 is 0 Å². The van der Waals surface area contributed by atoms with Gasteiger partial charge in [0, 0.05) is 5.92 Å². The van der Waals surface area contributed by atoms with Gasteiger partial charge in [0.05, 0.1) is 12.6 Å². The van der Waals surface area contributed by atoms with Gasteiger partial charge in [-0.3, -0.25) is 0 Å². The zero-order valence-corrected chi connectivity index (χ0v) is 13.7. The third-order valence-corrected chi connectivity index (χ3v) is 7.00. The second-order valence-corrected chi connectivity index (χ2v) is 8.34. The van der Waals surface area contributed by atoms with E-state index in [-0.39, 0.29) is 0 Å². The molecule has 21 heavy (non-hydrogen) atoms. The molecular weight excluding hydrogens is 256 g/mol. The number of quaternary nitrogens is 2. The first-order chi connectivity index (χ1) is 10.4. The second kappa shape index (κ2) is 6.42. The Morgan fingerprint density at radius 1 is 0.810 bits per heavy atom. The van der Waals surface area contributed by atoms with Crippen LogP contribution in [0, 0.1) is 17.8 Å². The predicted octanol–water partition coefficient (Wildman–Crippen LogP) is 0.705. The number of piperazine rings is 1. The van der Waals surface area contributed by atoms with Gasteiger partial charge in [-0.25, -0.2) is 0 Å². The number of hydrogen-bond acceptors (Lipinski definition) is 0. The van der Waals surface area contributed by atoms with Crippen LogP contribution in [-0.4, -0.2) is 38.8 Å². The van der Waals surface area contributed by atoms with Crippen LogP contribution in [0.2, 0.25) is 0 Å². The number of hydrogen-bond donors (Lipinski definition) is 2. The van der Waals surface area contributed by atoms with Gasteiger partial charge in [-0.2, -0.15) is 0 Å². The van der Waals surface area contributed by atoms with E-state index < -0.39 is 0 Å². The molecular formula is C19H34N2+2. The van der Waals surface area contributed by atoms with Crippen LogP contribution in [-0.2, 0) is 0 Å². The van der Waals surface area contributed by atoms with E-state index in [0.29, 0.717) is 0 Å². The van der Waals surface area contributed by atoms with Crippen LogP contribution in [0.4, 0.5) is 0 Å². The van der Waals surface area contributed by atoms with Gasteiger partial charge in [0.25, 0.3) is 0 Å². The minimum Gasteiger partial charge on any atom is -0.325 e. The maximum Gasteiger partial charge on any atom is 0.127 e. The normalized spacial score (nSPS) is 44.1. The number of allylic oxidation sites excluding steroid dienone is 2. The van der Waals surface area contributed by atoms with Gasteiger partial charge in [-0.15, -0.1) is 0 Å². The van der Waals surface area contributed by atoms with E-state index in [1.807, 2.05) is 9.80 Å². The van der Waals surface area contributed by atoms with E-state index in [9.17, 15) is 0 Å². The lowest BCUT2D eigenvalue weighted by Crippen LogP contribution is -3.29. The van der Waals surface area contributed by atoms with Gasteiger partial charge in [0.1, 0.15) is 26.2 Å². The van der Waals surface area contributed by atoms with Crippen molar-refractivity contribution in [1.82, 2.24) is 0 Å². The number of nitrogens with one attached hydrogen (secondary N) is 2. The van der Waals surface area contributed by atoms with Crippen molar-refractivity contribution in [3.05, 3.63) is 12.2 Å². The topological polar surface area (TPSA) is 8.88 Å². The van der Waals surface area contributed by atoms with Crippen molar-refractivity contribution < 1.29 is 9.80 Å². The predicted molar refractivity (Wildman–Crippen MR) is 86.6 cm³/mol. The maximum absolute atomic E-state index is 2.53. The van der Waals surface area contributed by atoms with Crippen molar-refractivity contribution in [1.29, 1.82) is 0 Å². The SMILES string of the molecule is C1=C[C@@H]2C[C@H]1C[C@@H]2C[NH+]1CC[NH+](C2CCCCCC2)CC1. The zero-order chi connectivity index (χ0) is 14.1. The summed E-state index contributed by atoms with van der Waals surface area (Å²) in [5, 5.41) is 0. The summed E-state index contributed by atoms with van der Waals surface area (Å²) in [6.07, 6.45) is 17.0. The first kappa shape index (κ1) is 14.3. The van der Waals surface area contributed by atoms with Gasteiger partial charge in [0.2, 0.25) is 0 Å². The lowest BCUT2D eigenvalue weighted by Gasteiger charge is -2.35. The third kappa shape index (κ3) is 3.22. The Morgan fingerprint density at radius 3 is 2.19 bits per heavy atom. The van der Waals surface area contributed by atoms with Gasteiger partial charge in [-0.1, -0.05) is 25.0 Å². The molecule has 2 saturated carbocycles. The lowest BCUT2D eigenvalue weighted by atomic mass is 9.93. The first-order valence-electron chi connectivity index (χ1n) is 9.75. The summed E-state index contributed by atoms with van der Waals surface area (Å²) in [7, 11) is 0. The fourth-order valence-corrected chi connectivity index (χ4v) is 5.72. The third-order valence-electron chi connectivity index (χ3n) is 7.00. The molecule has 0 amide bonds. The van der Waals surface area contributed by atoms with E-state index in [1.54, 1.807) is 0 Å². The highest BCUT2D eigenvalue weighted by Crippen LogP contribution is 2.42. The summed E-state index contributed by atoms with van der Waals surface area (Å²) in [6.45, 7) is 7.28. The summed E-state index contributed by atoms with van der Waals surface area (Å²) in [6, 6.07) is 1.01. The van der Waals surface area contributed by atoms with Crippen LogP contribution in [0.1, 0.15) is 51.4 Å². The molecule has 0 spiro atoms. The van der Waals surface area contributed by atoms with E-state index in [2.05, 4.69) is 12.2 Å². The number of rotatable bonds is 3. The maximum atomic E-state index is 2.53. The van der Waals surface area contributed by atoms with E-state index in [0.717, 1.165) is 23.8 Å². The molecule has 0 aromatic rings. The van der Waals surface area contributed by atoms with Gasteiger partial charge in [0.15, 0.2) is 0 Å². The monoisotopic (exact) mass is 290 g/mol. The molecule has 2 heteroatoms. The van der Waals surface area contributed by atoms with Crippen LogP contribution in [0.25, 0.3) is 0 Å². The molecule has 3 fully saturated rings. The van der Waals surface area contributed by atoms with Crippen LogP contribution in [0.5, 0.6) is 0 Å². The molecule has 1 heterocycles. The lowest BCUT2D eigenvalue weighted by molar-refractivity contribution is -1.02. The number of fused-ring (bicyclic) bond motifs is 2. The summed E-state index contributed by atoms with van der Waals surface area (Å²) in [4.78, 5) is 3.90. The Kier molecular flexibility index (Phi) is 4.36. The van der Waals surface area contributed by atoms with Crippen LogP contribution in [0.3, 0.4) is 0 Å². The average molecular weight is 290 g/mol. The Labute approximate surface area is 130 Å². The van der Waals surface area contributed by atoms with E-state index in [4.69, 9.17) is 0 Å². The molecule has 4 rings (SSSR count). The van der Waals surface area contributed by atoms with Gasteiger partial charge in [-0.05, 0) is 50.4 Å². The molecule has 118 valence electrons. The van der Waals surface area contributed by atoms with Crippen molar-refractivity contribution >= 4 is 0 Å². The van der Waals surface area contributed by atoms with Crippen LogP contribution in [0.15, 0.2) is 12.2 Å². The van der Waals surface area contributed by atoms with Crippen molar-refractivity contribution in [2.45, 2.75) is 57.4 Å². The minimum absolute atomic E-state index is 0.953. The standard InChI is InChI=1S/C19H32N2/c1-2-4-6-19(5-3-1)21-11-9-20(10-12-21)15-18-14-16-7-8-17(18)13-16/h7-8,16-19H,1-6,9-15H2/p+2/t16-,17+,18+/m0/s1. The van der Waals surface area contributed by atoms with Crippen LogP contribution < -0.4 is 9.80 Å². The highest BCUT2D eigenvalue weighted by molar-refractivity contribution is 5.09. The quantitative estimate of drug-likeness (QED) is 0.559. The molecule has 0 unspecified atom stereocenters. The van der Waals surface area contributed by atoms with Gasteiger partial charge >= 0.3 is 0 Å². The summed E-state index contributed by atoms with van der Waals surface area (Å²) < 4.78 is 0. The summed E-state index contributed by atoms with van der Waals surface area (Å²) in [5.41, 5.74) is 0. The fraction of sp³-hybridized carbons (Fsp3) is 0.895. The van der Waals surface area contributed by atoms with Crippen LogP contribution >= 0.6 is 0 Å². The molecule has 1 aliphatic heterocycles. The molecule has 2 N–H and O–H groups in total. The van der Waals surface area contributed by atoms with Gasteiger partial charge < -0.3 is 9.80 Å². The molecule has 2 nitrogen and oxygen atoms in total. The smallest absolute Gasteiger partial charge is 0.127 e. The Morgan fingerprint density at radius 2 is 1.57 bits per heavy atom. The molecule has 2 bridgehead atoms. The largest absolute Gasteiger partial charge is 0.325 e.